The van der Waals surface area contributed by atoms with E-state index in [4.69, 9.17) is 0 Å². The molecular formula is C26H44NNaO6S. The smallest absolute Gasteiger partial charge is 0.748 e. The molecule has 3 N–H and O–H groups in total. The first-order valence-electron chi connectivity index (χ1n) is 13.4. The number of rotatable bonds is 7. The van der Waals surface area contributed by atoms with Gasteiger partial charge in [-0.15, -0.1) is 0 Å². The summed E-state index contributed by atoms with van der Waals surface area (Å²) in [6.07, 6.45) is 8.78. The van der Waals surface area contributed by atoms with Gasteiger partial charge in [-0.3, -0.25) is 4.79 Å². The zero-order valence-electron chi connectivity index (χ0n) is 22.0. The molecule has 0 aromatic heterocycles. The van der Waals surface area contributed by atoms with E-state index in [1.165, 1.54) is 6.42 Å². The Hall–Kier alpha value is 0.300. The van der Waals surface area contributed by atoms with Gasteiger partial charge in [0.25, 0.3) is 0 Å². The number of aliphatic hydroxyl groups excluding tert-OH is 2. The molecule has 9 heteroatoms. The molecular weight excluding hydrogens is 477 g/mol. The summed E-state index contributed by atoms with van der Waals surface area (Å²) in [5, 5.41) is 24.2. The first-order valence-corrected chi connectivity index (χ1v) is 15.0. The molecule has 4 aliphatic rings. The van der Waals surface area contributed by atoms with Gasteiger partial charge in [0.1, 0.15) is 0 Å². The second-order valence-electron chi connectivity index (χ2n) is 12.6. The van der Waals surface area contributed by atoms with E-state index in [0.29, 0.717) is 41.9 Å². The van der Waals surface area contributed by atoms with Gasteiger partial charge in [0.2, 0.25) is 5.91 Å². The number of hydrogen-bond acceptors (Lipinski definition) is 6. The van der Waals surface area contributed by atoms with Crippen molar-refractivity contribution in [3.63, 3.8) is 0 Å². The zero-order chi connectivity index (χ0) is 24.9. The number of fused-ring (bicyclic) bond motifs is 5. The van der Waals surface area contributed by atoms with E-state index >= 15 is 0 Å². The maximum absolute atomic E-state index is 12.2. The Morgan fingerprint density at radius 1 is 1.06 bits per heavy atom. The fraction of sp³-hybridized carbons (Fsp3) is 0.962. The van der Waals surface area contributed by atoms with Gasteiger partial charge in [-0.1, -0.05) is 20.8 Å². The second-order valence-corrected chi connectivity index (χ2v) is 14.1. The fourth-order valence-corrected chi connectivity index (χ4v) is 9.49. The molecule has 4 fully saturated rings. The Kier molecular flexibility index (Phi) is 9.54. The first kappa shape index (κ1) is 29.9. The van der Waals surface area contributed by atoms with Crippen molar-refractivity contribution in [2.75, 3.05) is 12.3 Å². The summed E-state index contributed by atoms with van der Waals surface area (Å²) in [6, 6.07) is 0. The van der Waals surface area contributed by atoms with Crippen LogP contribution in [-0.2, 0) is 14.9 Å². The molecule has 0 aromatic carbocycles. The molecule has 4 saturated carbocycles. The van der Waals surface area contributed by atoms with Gasteiger partial charge >= 0.3 is 29.6 Å². The molecule has 1 amide bonds. The van der Waals surface area contributed by atoms with Crippen LogP contribution in [0.25, 0.3) is 0 Å². The molecule has 0 aliphatic heterocycles. The van der Waals surface area contributed by atoms with Crippen molar-refractivity contribution in [1.29, 1.82) is 0 Å². The summed E-state index contributed by atoms with van der Waals surface area (Å²) in [5.41, 5.74) is 0.399. The minimum absolute atomic E-state index is 0. The molecule has 0 saturated heterocycles. The molecule has 0 heterocycles. The van der Waals surface area contributed by atoms with Crippen molar-refractivity contribution < 1.29 is 57.5 Å². The van der Waals surface area contributed by atoms with E-state index in [9.17, 15) is 28.0 Å². The van der Waals surface area contributed by atoms with Gasteiger partial charge < -0.3 is 20.1 Å². The van der Waals surface area contributed by atoms with Gasteiger partial charge in [0, 0.05) is 13.0 Å². The van der Waals surface area contributed by atoms with Crippen LogP contribution in [0.4, 0.5) is 0 Å². The van der Waals surface area contributed by atoms with Crippen molar-refractivity contribution in [2.45, 2.75) is 97.2 Å². The molecule has 10 atom stereocenters. The van der Waals surface area contributed by atoms with Crippen LogP contribution in [0, 0.1) is 46.3 Å². The molecule has 196 valence electrons. The van der Waals surface area contributed by atoms with Crippen LogP contribution in [0.15, 0.2) is 0 Å². The van der Waals surface area contributed by atoms with Crippen LogP contribution in [0.3, 0.4) is 0 Å². The largest absolute Gasteiger partial charge is 1.00 e. The van der Waals surface area contributed by atoms with Gasteiger partial charge in [-0.25, -0.2) is 8.42 Å². The summed E-state index contributed by atoms with van der Waals surface area (Å²) in [6.45, 7) is 6.96. The summed E-state index contributed by atoms with van der Waals surface area (Å²) in [4.78, 5) is 12.2. The Morgan fingerprint density at radius 2 is 1.71 bits per heavy atom. The fourth-order valence-electron chi connectivity index (χ4n) is 9.14. The third-order valence-corrected chi connectivity index (χ3v) is 11.6. The van der Waals surface area contributed by atoms with Gasteiger partial charge in [0.15, 0.2) is 0 Å². The van der Waals surface area contributed by atoms with Gasteiger partial charge in [-0.2, -0.15) is 0 Å². The topological polar surface area (TPSA) is 127 Å². The monoisotopic (exact) mass is 521 g/mol. The van der Waals surface area contributed by atoms with E-state index in [1.807, 2.05) is 0 Å². The van der Waals surface area contributed by atoms with E-state index in [2.05, 4.69) is 26.1 Å². The standard InChI is InChI=1S/C26H45NO6S.Na/c1-16(4-7-23(30)27-12-13-34(31,32)33)19-5-6-20-24-21(9-11-26(19,20)3)25(2)10-8-18(28)14-17(25)15-22(24)29;/h16-22,24,28-29H,4-15H2,1-3H3,(H,27,30)(H,31,32,33);/q;+1/p-1/t16-,17?,18-,19-,20+,21+,22+,24+,25+,26-;/m1./s1. The van der Waals surface area contributed by atoms with Crippen LogP contribution in [0.1, 0.15) is 85.0 Å². The molecule has 35 heavy (non-hydrogen) atoms. The van der Waals surface area contributed by atoms with Crippen molar-refractivity contribution in [3.05, 3.63) is 0 Å². The van der Waals surface area contributed by atoms with Gasteiger partial charge in [0.05, 0.1) is 28.1 Å². The normalized spacial score (nSPS) is 43.8. The van der Waals surface area contributed by atoms with Crippen molar-refractivity contribution in [3.8, 4) is 0 Å². The Labute approximate surface area is 233 Å². The van der Waals surface area contributed by atoms with E-state index in [0.717, 1.165) is 51.4 Å². The van der Waals surface area contributed by atoms with Crippen LogP contribution in [-0.4, -0.2) is 53.6 Å². The van der Waals surface area contributed by atoms with Crippen molar-refractivity contribution in [2.24, 2.45) is 46.3 Å². The van der Waals surface area contributed by atoms with Crippen molar-refractivity contribution in [1.82, 2.24) is 5.32 Å². The average molecular weight is 522 g/mol. The summed E-state index contributed by atoms with van der Waals surface area (Å²) < 4.78 is 32.2. The molecule has 7 nitrogen and oxygen atoms in total. The maximum Gasteiger partial charge on any atom is 1.00 e. The van der Waals surface area contributed by atoms with E-state index < -0.39 is 15.9 Å². The summed E-state index contributed by atoms with van der Waals surface area (Å²) >= 11 is 0. The maximum atomic E-state index is 12.2. The molecule has 4 rings (SSSR count). The SMILES string of the molecule is C[C@H](CCC(=O)NCCS(=O)(=O)[O-])[C@H]1CC[C@H]2[C@@H]3[C@@H](O)CC4C[C@H](O)CC[C@]4(C)[C@H]3CC[C@]12C.[Na+]. The molecule has 4 aliphatic carbocycles. The molecule has 0 radical (unpaired) electrons. The third-order valence-electron chi connectivity index (χ3n) is 10.9. The van der Waals surface area contributed by atoms with Crippen LogP contribution < -0.4 is 34.9 Å². The number of carbonyl (C=O) groups excluding carboxylic acids is 1. The molecule has 0 aromatic rings. The Bertz CT molecular complexity index is 870. The number of amides is 1. The molecule has 0 bridgehead atoms. The molecule has 1 unspecified atom stereocenters. The Morgan fingerprint density at radius 3 is 2.40 bits per heavy atom. The summed E-state index contributed by atoms with van der Waals surface area (Å²) in [7, 11) is -4.31. The van der Waals surface area contributed by atoms with Gasteiger partial charge in [-0.05, 0) is 104 Å². The Balaban J connectivity index is 0.00000342. The second kappa shape index (κ2) is 11.2. The summed E-state index contributed by atoms with van der Waals surface area (Å²) in [5.74, 6) is 1.92. The number of nitrogens with one attached hydrogen (secondary N) is 1. The predicted octanol–water partition coefficient (Wildman–Crippen LogP) is 0.0587. The van der Waals surface area contributed by atoms with E-state index in [-0.39, 0.29) is 65.0 Å². The quantitative estimate of drug-likeness (QED) is 0.321. The number of hydrogen-bond donors (Lipinski definition) is 3. The number of aliphatic hydroxyl groups is 2. The van der Waals surface area contributed by atoms with Crippen molar-refractivity contribution >= 4 is 16.0 Å². The minimum Gasteiger partial charge on any atom is -0.748 e. The number of carbonyl (C=O) groups is 1. The average Bonchev–Trinajstić information content (AvgIpc) is 3.09. The van der Waals surface area contributed by atoms with Crippen LogP contribution in [0.5, 0.6) is 0 Å². The third kappa shape index (κ3) is 5.99. The minimum atomic E-state index is -4.31. The van der Waals surface area contributed by atoms with Crippen LogP contribution >= 0.6 is 0 Å². The predicted molar refractivity (Wildman–Crippen MR) is 129 cm³/mol. The first-order chi connectivity index (χ1) is 15.8. The van der Waals surface area contributed by atoms with E-state index in [1.54, 1.807) is 0 Å². The molecule has 0 spiro atoms. The zero-order valence-corrected chi connectivity index (χ0v) is 24.9. The van der Waals surface area contributed by atoms with Crippen LogP contribution in [0.2, 0.25) is 0 Å².